The Labute approximate surface area is 217 Å². The highest BCUT2D eigenvalue weighted by Crippen LogP contribution is 2.36. The van der Waals surface area contributed by atoms with Crippen molar-refractivity contribution in [2.24, 2.45) is 0 Å². The van der Waals surface area contributed by atoms with E-state index in [0.717, 1.165) is 16.9 Å². The molecule has 0 spiro atoms. The van der Waals surface area contributed by atoms with Crippen molar-refractivity contribution in [3.8, 4) is 22.8 Å². The van der Waals surface area contributed by atoms with Crippen LogP contribution in [0, 0.1) is 0 Å². The normalized spacial score (nSPS) is 12.4. The second-order valence-electron chi connectivity index (χ2n) is 8.23. The van der Waals surface area contributed by atoms with E-state index in [1.165, 1.54) is 12.1 Å². The SMILES string of the molecule is CCS(=O)(=O)c1ccc(CC(=O)Nc2nc(-c3ccccc3)c(C(=O)c3ccc4c(c3)OCO4)s2)cc1. The Morgan fingerprint density at radius 1 is 0.973 bits per heavy atom. The lowest BCUT2D eigenvalue weighted by molar-refractivity contribution is -0.115. The van der Waals surface area contributed by atoms with Gasteiger partial charge in [-0.05, 0) is 35.9 Å². The number of hydrogen-bond acceptors (Lipinski definition) is 8. The van der Waals surface area contributed by atoms with Crippen LogP contribution >= 0.6 is 11.3 Å². The van der Waals surface area contributed by atoms with E-state index in [-0.39, 0.29) is 40.7 Å². The number of rotatable bonds is 8. The minimum Gasteiger partial charge on any atom is -0.454 e. The van der Waals surface area contributed by atoms with Crippen LogP contribution in [0.4, 0.5) is 5.13 Å². The molecule has 1 N–H and O–H groups in total. The molecule has 3 aromatic carbocycles. The predicted molar refractivity (Wildman–Crippen MR) is 140 cm³/mol. The average molecular weight is 535 g/mol. The zero-order valence-electron chi connectivity index (χ0n) is 19.8. The number of nitrogens with zero attached hydrogens (tertiary/aromatic N) is 1. The number of fused-ring (bicyclic) bond motifs is 1. The molecule has 2 heterocycles. The first kappa shape index (κ1) is 24.7. The van der Waals surface area contributed by atoms with Crippen molar-refractivity contribution >= 4 is 38.0 Å². The van der Waals surface area contributed by atoms with E-state index in [1.54, 1.807) is 37.3 Å². The Morgan fingerprint density at radius 3 is 2.43 bits per heavy atom. The Bertz CT molecular complexity index is 1580. The number of benzene rings is 3. The Hall–Kier alpha value is -4.02. The maximum Gasteiger partial charge on any atom is 0.231 e. The zero-order chi connectivity index (χ0) is 26.0. The van der Waals surface area contributed by atoms with Gasteiger partial charge in [-0.1, -0.05) is 60.7 Å². The third kappa shape index (κ3) is 5.25. The maximum atomic E-state index is 13.5. The lowest BCUT2D eigenvalue weighted by atomic mass is 10.0. The summed E-state index contributed by atoms with van der Waals surface area (Å²) in [6, 6.07) is 20.5. The van der Waals surface area contributed by atoms with Crippen molar-refractivity contribution in [2.75, 3.05) is 17.9 Å². The zero-order valence-corrected chi connectivity index (χ0v) is 21.4. The van der Waals surface area contributed by atoms with E-state index in [1.807, 2.05) is 30.3 Å². The Balaban J connectivity index is 1.39. The molecule has 37 heavy (non-hydrogen) atoms. The van der Waals surface area contributed by atoms with E-state index >= 15 is 0 Å². The largest absolute Gasteiger partial charge is 0.454 e. The third-order valence-corrected chi connectivity index (χ3v) is 8.51. The van der Waals surface area contributed by atoms with Crippen LogP contribution in [-0.4, -0.2) is 37.6 Å². The highest BCUT2D eigenvalue weighted by molar-refractivity contribution is 7.91. The summed E-state index contributed by atoms with van der Waals surface area (Å²) in [5, 5.41) is 3.07. The summed E-state index contributed by atoms with van der Waals surface area (Å²) in [5.74, 6) is 0.512. The molecule has 0 radical (unpaired) electrons. The molecule has 188 valence electrons. The van der Waals surface area contributed by atoms with E-state index in [4.69, 9.17) is 9.47 Å². The number of nitrogens with one attached hydrogen (secondary N) is 1. The number of carbonyl (C=O) groups excluding carboxylic acids is 2. The highest BCUT2D eigenvalue weighted by atomic mass is 32.2. The molecular weight excluding hydrogens is 512 g/mol. The number of sulfone groups is 1. The summed E-state index contributed by atoms with van der Waals surface area (Å²) in [5.41, 5.74) is 2.29. The molecule has 1 aliphatic heterocycles. The number of ketones is 1. The third-order valence-electron chi connectivity index (χ3n) is 5.79. The van der Waals surface area contributed by atoms with Crippen molar-refractivity contribution < 1.29 is 27.5 Å². The highest BCUT2D eigenvalue weighted by Gasteiger charge is 2.24. The summed E-state index contributed by atoms with van der Waals surface area (Å²) in [6.45, 7) is 1.69. The van der Waals surface area contributed by atoms with Crippen LogP contribution in [0.25, 0.3) is 11.3 Å². The van der Waals surface area contributed by atoms with E-state index in [0.29, 0.717) is 33.2 Å². The van der Waals surface area contributed by atoms with Gasteiger partial charge in [-0.3, -0.25) is 9.59 Å². The second-order valence-corrected chi connectivity index (χ2v) is 11.5. The van der Waals surface area contributed by atoms with E-state index in [9.17, 15) is 18.0 Å². The van der Waals surface area contributed by atoms with Crippen molar-refractivity contribution in [2.45, 2.75) is 18.2 Å². The van der Waals surface area contributed by atoms with E-state index < -0.39 is 9.84 Å². The number of hydrogen-bond donors (Lipinski definition) is 1. The molecule has 0 aliphatic carbocycles. The molecule has 0 atom stereocenters. The fourth-order valence-electron chi connectivity index (χ4n) is 3.82. The van der Waals surface area contributed by atoms with Crippen LogP contribution in [0.3, 0.4) is 0 Å². The lowest BCUT2D eigenvalue weighted by Crippen LogP contribution is -2.14. The smallest absolute Gasteiger partial charge is 0.231 e. The van der Waals surface area contributed by atoms with Crippen molar-refractivity contribution in [1.29, 1.82) is 0 Å². The summed E-state index contributed by atoms with van der Waals surface area (Å²) in [7, 11) is -3.31. The van der Waals surface area contributed by atoms with Crippen LogP contribution in [0.2, 0.25) is 0 Å². The maximum absolute atomic E-state index is 13.5. The van der Waals surface area contributed by atoms with Crippen molar-refractivity contribution in [3.63, 3.8) is 0 Å². The number of amides is 1. The quantitative estimate of drug-likeness (QED) is 0.325. The summed E-state index contributed by atoms with van der Waals surface area (Å²) in [6.07, 6.45) is 0.0259. The van der Waals surface area contributed by atoms with E-state index in [2.05, 4.69) is 10.3 Å². The average Bonchev–Trinajstić information content (AvgIpc) is 3.55. The number of anilines is 1. The topological polar surface area (TPSA) is 112 Å². The minimum absolute atomic E-state index is 0.00788. The molecule has 0 saturated carbocycles. The van der Waals surface area contributed by atoms with Gasteiger partial charge in [0.1, 0.15) is 4.88 Å². The van der Waals surface area contributed by atoms with Crippen LogP contribution in [-0.2, 0) is 21.1 Å². The van der Waals surface area contributed by atoms with Gasteiger partial charge < -0.3 is 14.8 Å². The molecule has 0 saturated heterocycles. The Kier molecular flexibility index (Phi) is 6.77. The van der Waals surface area contributed by atoms with Gasteiger partial charge >= 0.3 is 0 Å². The molecule has 0 unspecified atom stereocenters. The predicted octanol–water partition coefficient (Wildman–Crippen LogP) is 4.74. The number of carbonyl (C=O) groups is 2. The monoisotopic (exact) mass is 534 g/mol. The number of aromatic nitrogens is 1. The van der Waals surface area contributed by atoms with Crippen LogP contribution in [0.5, 0.6) is 11.5 Å². The van der Waals surface area contributed by atoms with Crippen molar-refractivity contribution in [1.82, 2.24) is 4.98 Å². The van der Waals surface area contributed by atoms with Crippen LogP contribution < -0.4 is 14.8 Å². The molecule has 0 bridgehead atoms. The van der Waals surface area contributed by atoms with Gasteiger partial charge in [-0.25, -0.2) is 13.4 Å². The van der Waals surface area contributed by atoms with Gasteiger partial charge in [0.25, 0.3) is 0 Å². The summed E-state index contributed by atoms with van der Waals surface area (Å²) in [4.78, 5) is 31.4. The van der Waals surface area contributed by atoms with Gasteiger partial charge in [0, 0.05) is 11.1 Å². The standard InChI is InChI=1S/C27H22N2O6S2/c1-2-37(32,33)20-11-8-17(9-12-20)14-23(30)28-27-29-24(18-6-4-3-5-7-18)26(36-27)25(31)19-10-13-21-22(15-19)35-16-34-21/h3-13,15H,2,14,16H2,1H3,(H,28,29,30). The lowest BCUT2D eigenvalue weighted by Gasteiger charge is -2.04. The summed E-state index contributed by atoms with van der Waals surface area (Å²) >= 11 is 1.09. The molecule has 4 aromatic rings. The second kappa shape index (κ2) is 10.2. The molecule has 5 rings (SSSR count). The molecule has 1 aromatic heterocycles. The van der Waals surface area contributed by atoms with Gasteiger partial charge in [-0.15, -0.1) is 0 Å². The summed E-state index contributed by atoms with van der Waals surface area (Å²) < 4.78 is 34.8. The van der Waals surface area contributed by atoms with Crippen LogP contribution in [0.1, 0.15) is 27.7 Å². The molecule has 0 fully saturated rings. The van der Waals surface area contributed by atoms with Gasteiger partial charge in [0.15, 0.2) is 26.5 Å². The Morgan fingerprint density at radius 2 is 1.70 bits per heavy atom. The molecule has 1 aliphatic rings. The minimum atomic E-state index is -3.31. The first-order valence-corrected chi connectivity index (χ1v) is 13.9. The fraction of sp³-hybridized carbons (Fsp3) is 0.148. The van der Waals surface area contributed by atoms with Gasteiger partial charge in [0.2, 0.25) is 18.5 Å². The van der Waals surface area contributed by atoms with Crippen LogP contribution in [0.15, 0.2) is 77.7 Å². The molecule has 10 heteroatoms. The van der Waals surface area contributed by atoms with Gasteiger partial charge in [0.05, 0.1) is 22.8 Å². The number of thiazole rings is 1. The van der Waals surface area contributed by atoms with Crippen molar-refractivity contribution in [3.05, 3.63) is 88.8 Å². The first-order chi connectivity index (χ1) is 17.8. The first-order valence-electron chi connectivity index (χ1n) is 11.5. The molecule has 1 amide bonds. The molecular formula is C27H22N2O6S2. The fourth-order valence-corrected chi connectivity index (χ4v) is 5.67. The van der Waals surface area contributed by atoms with Gasteiger partial charge in [-0.2, -0.15) is 0 Å². The number of ether oxygens (including phenoxy) is 2. The molecule has 8 nitrogen and oxygen atoms in total.